The molecule has 0 aliphatic carbocycles. The second-order valence-corrected chi connectivity index (χ2v) is 4.05. The minimum Gasteiger partial charge on any atom is -0.375 e. The molecule has 0 aromatic heterocycles. The molecule has 0 fully saturated rings. The van der Waals surface area contributed by atoms with E-state index in [9.17, 15) is 13.2 Å². The van der Waals surface area contributed by atoms with Crippen molar-refractivity contribution in [1.82, 2.24) is 0 Å². The normalized spacial score (nSPS) is 11.6. The number of halogens is 4. The van der Waals surface area contributed by atoms with Gasteiger partial charge in [0.15, 0.2) is 0 Å². The van der Waals surface area contributed by atoms with Gasteiger partial charge in [0.25, 0.3) is 0 Å². The van der Waals surface area contributed by atoms with Crippen LogP contribution in [0.15, 0.2) is 18.2 Å². The van der Waals surface area contributed by atoms with Gasteiger partial charge in [0.05, 0.1) is 5.56 Å². The van der Waals surface area contributed by atoms with Gasteiger partial charge in [0, 0.05) is 24.6 Å². The summed E-state index contributed by atoms with van der Waals surface area (Å²) < 4.78 is 38.2. The van der Waals surface area contributed by atoms with Crippen molar-refractivity contribution in [3.8, 4) is 0 Å². The van der Waals surface area contributed by atoms with Gasteiger partial charge in [0.1, 0.15) is 0 Å². The SMILES string of the molecule is CCN(C)c1ccc(CBr)c(C(F)(F)F)c1. The van der Waals surface area contributed by atoms with E-state index in [4.69, 9.17) is 0 Å². The van der Waals surface area contributed by atoms with Crippen molar-refractivity contribution in [3.63, 3.8) is 0 Å². The maximum Gasteiger partial charge on any atom is 0.416 e. The zero-order valence-corrected chi connectivity index (χ0v) is 10.7. The van der Waals surface area contributed by atoms with Crippen LogP contribution in [0.25, 0.3) is 0 Å². The van der Waals surface area contributed by atoms with Crippen LogP contribution in [-0.4, -0.2) is 13.6 Å². The number of hydrogen-bond donors (Lipinski definition) is 0. The fraction of sp³-hybridized carbons (Fsp3) is 0.455. The number of anilines is 1. The van der Waals surface area contributed by atoms with Gasteiger partial charge in [-0.2, -0.15) is 13.2 Å². The lowest BCUT2D eigenvalue weighted by Crippen LogP contribution is -2.17. The fourth-order valence-corrected chi connectivity index (χ4v) is 1.85. The Kier molecular flexibility index (Phi) is 4.24. The van der Waals surface area contributed by atoms with Gasteiger partial charge in [-0.1, -0.05) is 22.0 Å². The van der Waals surface area contributed by atoms with E-state index < -0.39 is 11.7 Å². The van der Waals surface area contributed by atoms with Crippen LogP contribution in [0.5, 0.6) is 0 Å². The van der Waals surface area contributed by atoms with E-state index in [0.717, 1.165) is 0 Å². The monoisotopic (exact) mass is 295 g/mol. The Bertz CT molecular complexity index is 363. The lowest BCUT2D eigenvalue weighted by molar-refractivity contribution is -0.138. The summed E-state index contributed by atoms with van der Waals surface area (Å²) >= 11 is 3.07. The standard InChI is InChI=1S/C11H13BrF3N/c1-3-16(2)9-5-4-8(7-12)10(6-9)11(13,14)15/h4-6H,3,7H2,1-2H3. The molecule has 5 heteroatoms. The predicted octanol–water partition coefficient (Wildman–Crippen LogP) is 4.06. The summed E-state index contributed by atoms with van der Waals surface area (Å²) in [7, 11) is 1.77. The predicted molar refractivity (Wildman–Crippen MR) is 63.0 cm³/mol. The molecule has 1 nitrogen and oxygen atoms in total. The number of alkyl halides is 4. The Morgan fingerprint density at radius 3 is 2.38 bits per heavy atom. The molecule has 0 saturated carbocycles. The van der Waals surface area contributed by atoms with Crippen LogP contribution in [0.2, 0.25) is 0 Å². The minimum atomic E-state index is -4.30. The zero-order chi connectivity index (χ0) is 12.3. The summed E-state index contributed by atoms with van der Waals surface area (Å²) in [5, 5.41) is 0.206. The largest absolute Gasteiger partial charge is 0.416 e. The molecule has 0 aliphatic heterocycles. The third-order valence-electron chi connectivity index (χ3n) is 2.46. The Hall–Kier alpha value is -0.710. The number of benzene rings is 1. The van der Waals surface area contributed by atoms with E-state index in [-0.39, 0.29) is 10.9 Å². The molecule has 0 saturated heterocycles. The van der Waals surface area contributed by atoms with Crippen LogP contribution in [0.4, 0.5) is 18.9 Å². The number of nitrogens with zero attached hydrogens (tertiary/aromatic N) is 1. The van der Waals surface area contributed by atoms with E-state index in [1.807, 2.05) is 6.92 Å². The first-order valence-corrected chi connectivity index (χ1v) is 5.99. The van der Waals surface area contributed by atoms with Crippen molar-refractivity contribution in [3.05, 3.63) is 29.3 Å². The molecule has 0 aliphatic rings. The Morgan fingerprint density at radius 1 is 1.31 bits per heavy atom. The van der Waals surface area contributed by atoms with Crippen molar-refractivity contribution >= 4 is 21.6 Å². The molecule has 0 atom stereocenters. The van der Waals surface area contributed by atoms with Crippen molar-refractivity contribution in [2.45, 2.75) is 18.4 Å². The summed E-state index contributed by atoms with van der Waals surface area (Å²) in [6, 6.07) is 4.41. The van der Waals surface area contributed by atoms with Crippen LogP contribution in [-0.2, 0) is 11.5 Å². The second kappa shape index (κ2) is 5.08. The molecular formula is C11H13BrF3N. The molecule has 16 heavy (non-hydrogen) atoms. The van der Waals surface area contributed by atoms with Crippen molar-refractivity contribution in [2.75, 3.05) is 18.5 Å². The van der Waals surface area contributed by atoms with Crippen LogP contribution in [0.3, 0.4) is 0 Å². The lowest BCUT2D eigenvalue weighted by atomic mass is 10.1. The summed E-state index contributed by atoms with van der Waals surface area (Å²) in [6.45, 7) is 2.57. The fourth-order valence-electron chi connectivity index (χ4n) is 1.36. The minimum absolute atomic E-state index is 0.206. The molecule has 0 bridgehead atoms. The highest BCUT2D eigenvalue weighted by molar-refractivity contribution is 9.08. The van der Waals surface area contributed by atoms with Crippen molar-refractivity contribution < 1.29 is 13.2 Å². The highest BCUT2D eigenvalue weighted by atomic mass is 79.9. The average Bonchev–Trinajstić information content (AvgIpc) is 2.26. The molecule has 0 N–H and O–H groups in total. The van der Waals surface area contributed by atoms with Crippen molar-refractivity contribution in [2.24, 2.45) is 0 Å². The maximum absolute atomic E-state index is 12.7. The molecule has 90 valence electrons. The maximum atomic E-state index is 12.7. The third-order valence-corrected chi connectivity index (χ3v) is 3.06. The molecule has 1 aromatic rings. The highest BCUT2D eigenvalue weighted by Gasteiger charge is 2.33. The van der Waals surface area contributed by atoms with Crippen LogP contribution >= 0.6 is 15.9 Å². The highest BCUT2D eigenvalue weighted by Crippen LogP contribution is 2.35. The van der Waals surface area contributed by atoms with E-state index >= 15 is 0 Å². The van der Waals surface area contributed by atoms with Crippen LogP contribution in [0, 0.1) is 0 Å². The average molecular weight is 296 g/mol. The molecule has 1 rings (SSSR count). The molecule has 0 amide bonds. The summed E-state index contributed by atoms with van der Waals surface area (Å²) in [5.41, 5.74) is 0.280. The van der Waals surface area contributed by atoms with Gasteiger partial charge in [-0.15, -0.1) is 0 Å². The first kappa shape index (κ1) is 13.4. The van der Waals surface area contributed by atoms with Gasteiger partial charge in [0.2, 0.25) is 0 Å². The van der Waals surface area contributed by atoms with Gasteiger partial charge in [-0.3, -0.25) is 0 Å². The number of rotatable bonds is 3. The molecule has 0 spiro atoms. The smallest absolute Gasteiger partial charge is 0.375 e. The Balaban J connectivity index is 3.22. The summed E-state index contributed by atoms with van der Waals surface area (Å²) in [6.07, 6.45) is -4.30. The molecular weight excluding hydrogens is 283 g/mol. The van der Waals surface area contributed by atoms with Gasteiger partial charge in [-0.05, 0) is 24.6 Å². The summed E-state index contributed by atoms with van der Waals surface area (Å²) in [4.78, 5) is 1.77. The van der Waals surface area contributed by atoms with Gasteiger partial charge < -0.3 is 4.90 Å². The van der Waals surface area contributed by atoms with E-state index in [2.05, 4.69) is 15.9 Å². The lowest BCUT2D eigenvalue weighted by Gasteiger charge is -2.20. The first-order chi connectivity index (χ1) is 7.40. The van der Waals surface area contributed by atoms with Crippen molar-refractivity contribution in [1.29, 1.82) is 0 Å². The summed E-state index contributed by atoms with van der Waals surface area (Å²) in [5.74, 6) is 0. The first-order valence-electron chi connectivity index (χ1n) is 4.87. The van der Waals surface area contributed by atoms with E-state index in [0.29, 0.717) is 12.2 Å². The zero-order valence-electron chi connectivity index (χ0n) is 9.11. The van der Waals surface area contributed by atoms with E-state index in [1.54, 1.807) is 18.0 Å². The van der Waals surface area contributed by atoms with Gasteiger partial charge >= 0.3 is 6.18 Å². The topological polar surface area (TPSA) is 3.24 Å². The molecule has 0 heterocycles. The second-order valence-electron chi connectivity index (χ2n) is 3.49. The number of hydrogen-bond acceptors (Lipinski definition) is 1. The molecule has 1 aromatic carbocycles. The quantitative estimate of drug-likeness (QED) is 0.760. The third kappa shape index (κ3) is 2.90. The molecule has 0 unspecified atom stereocenters. The Morgan fingerprint density at radius 2 is 1.94 bits per heavy atom. The van der Waals surface area contributed by atoms with Crippen LogP contribution < -0.4 is 4.90 Å². The van der Waals surface area contributed by atoms with Gasteiger partial charge in [-0.25, -0.2) is 0 Å². The Labute approximate surface area is 101 Å². The van der Waals surface area contributed by atoms with Crippen LogP contribution in [0.1, 0.15) is 18.1 Å². The molecule has 0 radical (unpaired) electrons. The van der Waals surface area contributed by atoms with E-state index in [1.165, 1.54) is 12.1 Å².